The van der Waals surface area contributed by atoms with Crippen molar-refractivity contribution >= 4 is 43.0 Å². The van der Waals surface area contributed by atoms with Crippen molar-refractivity contribution < 1.29 is 0 Å². The van der Waals surface area contributed by atoms with E-state index < -0.39 is 0 Å². The van der Waals surface area contributed by atoms with Crippen LogP contribution in [0.2, 0.25) is 0 Å². The number of benzene rings is 1. The number of hydrogen-bond acceptors (Lipinski definition) is 4. The minimum atomic E-state index is 0.0406. The van der Waals surface area contributed by atoms with Crippen molar-refractivity contribution in [2.45, 2.75) is 13.5 Å². The van der Waals surface area contributed by atoms with E-state index in [0.717, 1.165) is 23.3 Å². The quantitative estimate of drug-likeness (QED) is 0.756. The van der Waals surface area contributed by atoms with Gasteiger partial charge in [-0.25, -0.2) is 0 Å². The van der Waals surface area contributed by atoms with Crippen LogP contribution < -0.4 is 5.32 Å². The van der Waals surface area contributed by atoms with E-state index >= 15 is 0 Å². The van der Waals surface area contributed by atoms with Crippen LogP contribution in [0.5, 0.6) is 0 Å². The summed E-state index contributed by atoms with van der Waals surface area (Å²) in [7, 11) is 0. The van der Waals surface area contributed by atoms with E-state index in [9.17, 15) is 0 Å². The van der Waals surface area contributed by atoms with Crippen LogP contribution in [0.25, 0.3) is 11.0 Å². The van der Waals surface area contributed by atoms with Gasteiger partial charge in [0.15, 0.2) is 0 Å². The third-order valence-electron chi connectivity index (χ3n) is 2.69. The molecule has 0 saturated heterocycles. The molecule has 0 fully saturated rings. The average Bonchev–Trinajstić information content (AvgIpc) is 2.95. The van der Waals surface area contributed by atoms with Crippen LogP contribution in [0, 0.1) is 6.92 Å². The minimum absolute atomic E-state index is 0.0406. The second kappa shape index (κ2) is 4.61. The zero-order valence-corrected chi connectivity index (χ0v) is 11.8. The van der Waals surface area contributed by atoms with Crippen LogP contribution in [0.1, 0.15) is 10.4 Å². The van der Waals surface area contributed by atoms with Gasteiger partial charge >= 0.3 is 110 Å². The van der Waals surface area contributed by atoms with Crippen molar-refractivity contribution in [3.63, 3.8) is 0 Å². The topological polar surface area (TPSA) is 37.8 Å². The molecule has 2 aromatic heterocycles. The van der Waals surface area contributed by atoms with Crippen LogP contribution in [0.4, 0.5) is 5.69 Å². The number of aryl methyl sites for hydroxylation is 1. The molecule has 3 nitrogen and oxygen atoms in total. The second-order valence-corrected chi connectivity index (χ2v) is 5.93. The van der Waals surface area contributed by atoms with Gasteiger partial charge in [-0.1, -0.05) is 0 Å². The Bertz CT molecular complexity index is 644. The Kier molecular flexibility index (Phi) is 2.97. The van der Waals surface area contributed by atoms with Gasteiger partial charge in [0.2, 0.25) is 0 Å². The molecule has 0 spiro atoms. The van der Waals surface area contributed by atoms with Gasteiger partial charge in [-0.15, -0.1) is 0 Å². The first-order valence-corrected chi connectivity index (χ1v) is 7.74. The van der Waals surface area contributed by atoms with Gasteiger partial charge in [0.05, 0.1) is 0 Å². The van der Waals surface area contributed by atoms with Crippen molar-refractivity contribution in [1.29, 1.82) is 0 Å². The molecule has 0 atom stereocenters. The van der Waals surface area contributed by atoms with Gasteiger partial charge in [-0.2, -0.15) is 0 Å². The van der Waals surface area contributed by atoms with Crippen molar-refractivity contribution in [3.05, 3.63) is 40.1 Å². The van der Waals surface area contributed by atoms with Crippen molar-refractivity contribution in [3.8, 4) is 0 Å². The molecule has 0 aliphatic carbocycles. The van der Waals surface area contributed by atoms with Gasteiger partial charge < -0.3 is 0 Å². The Morgan fingerprint density at radius 2 is 2.24 bits per heavy atom. The first-order chi connectivity index (χ1) is 8.34. The molecule has 17 heavy (non-hydrogen) atoms. The van der Waals surface area contributed by atoms with E-state index in [2.05, 4.69) is 37.7 Å². The van der Waals surface area contributed by atoms with Gasteiger partial charge in [0.1, 0.15) is 0 Å². The number of fused-ring (bicyclic) bond motifs is 1. The Morgan fingerprint density at radius 3 is 3.06 bits per heavy atom. The van der Waals surface area contributed by atoms with Crippen LogP contribution in [-0.2, 0) is 6.54 Å². The van der Waals surface area contributed by atoms with E-state index in [4.69, 9.17) is 0 Å². The predicted octanol–water partition coefficient (Wildman–Crippen LogP) is 2.67. The summed E-state index contributed by atoms with van der Waals surface area (Å²) in [6, 6.07) is 8.28. The zero-order chi connectivity index (χ0) is 11.7. The zero-order valence-electron chi connectivity index (χ0n) is 9.30. The monoisotopic (exact) mass is 309 g/mol. The summed E-state index contributed by atoms with van der Waals surface area (Å²) < 4.78 is 8.84. The molecule has 3 rings (SSSR count). The molecule has 0 bridgehead atoms. The molecule has 0 aliphatic heterocycles. The fourth-order valence-electron chi connectivity index (χ4n) is 1.71. The number of nitrogens with one attached hydrogen (secondary N) is 1. The molecular formula is C12H11N3SSe. The molecule has 0 aliphatic rings. The molecular weight excluding hydrogens is 297 g/mol. The summed E-state index contributed by atoms with van der Waals surface area (Å²) in [5.74, 6) is 0. The predicted molar refractivity (Wildman–Crippen MR) is 72.9 cm³/mol. The summed E-state index contributed by atoms with van der Waals surface area (Å²) >= 11 is 1.83. The fraction of sp³-hybridized carbons (Fsp3) is 0.167. The van der Waals surface area contributed by atoms with Crippen LogP contribution in [-0.4, -0.2) is 22.9 Å². The maximum atomic E-state index is 4.46. The number of anilines is 1. The fourth-order valence-corrected chi connectivity index (χ4v) is 3.71. The second-order valence-electron chi connectivity index (χ2n) is 3.82. The molecule has 0 amide bonds. The Morgan fingerprint density at radius 1 is 1.29 bits per heavy atom. The molecule has 1 N–H and O–H groups in total. The van der Waals surface area contributed by atoms with Gasteiger partial charge in [0.25, 0.3) is 0 Å². The first kappa shape index (κ1) is 11.0. The molecule has 3 aromatic rings. The molecule has 0 unspecified atom stereocenters. The number of aromatic nitrogens is 2. The van der Waals surface area contributed by atoms with Crippen LogP contribution in [0.3, 0.4) is 0 Å². The maximum absolute atomic E-state index is 4.46. The number of nitrogens with zero attached hydrogens (tertiary/aromatic N) is 2. The molecule has 2 heterocycles. The molecule has 1 aromatic carbocycles. The van der Waals surface area contributed by atoms with Crippen molar-refractivity contribution in [2.24, 2.45) is 0 Å². The summed E-state index contributed by atoms with van der Waals surface area (Å²) in [4.78, 5) is 1.38. The Hall–Kier alpha value is -1.16. The molecule has 0 saturated carbocycles. The number of hydrogen-bond donors (Lipinski definition) is 1. The SMILES string of the molecule is Cc1ccsc1CNc1cccc2n[se]nc12. The summed E-state index contributed by atoms with van der Waals surface area (Å²) in [5.41, 5.74) is 4.50. The third kappa shape index (κ3) is 2.14. The Labute approximate surface area is 110 Å². The third-order valence-corrected chi connectivity index (χ3v) is 4.85. The first-order valence-electron chi connectivity index (χ1n) is 5.33. The average molecular weight is 308 g/mol. The number of rotatable bonds is 3. The van der Waals surface area contributed by atoms with Crippen LogP contribution >= 0.6 is 11.3 Å². The Balaban J connectivity index is 1.86. The van der Waals surface area contributed by atoms with Crippen molar-refractivity contribution in [1.82, 2.24) is 7.96 Å². The summed E-state index contributed by atoms with van der Waals surface area (Å²) in [6.45, 7) is 3.01. The van der Waals surface area contributed by atoms with E-state index in [0.29, 0.717) is 0 Å². The standard InChI is InChI=1S/C12H11N3SSe/c1-8-5-6-16-11(8)7-13-9-3-2-4-10-12(9)15-17-14-10/h2-6,13H,7H2,1H3. The van der Waals surface area contributed by atoms with Crippen LogP contribution in [0.15, 0.2) is 29.6 Å². The van der Waals surface area contributed by atoms with Gasteiger partial charge in [-0.3, -0.25) is 0 Å². The molecule has 5 heteroatoms. The normalized spacial score (nSPS) is 10.9. The van der Waals surface area contributed by atoms with E-state index in [1.165, 1.54) is 10.4 Å². The summed E-state index contributed by atoms with van der Waals surface area (Å²) in [6.07, 6.45) is 0. The van der Waals surface area contributed by atoms with Gasteiger partial charge in [-0.05, 0) is 0 Å². The molecule has 0 radical (unpaired) electrons. The summed E-state index contributed by atoms with van der Waals surface area (Å²) in [5, 5.41) is 5.58. The van der Waals surface area contributed by atoms with Gasteiger partial charge in [0, 0.05) is 0 Å². The van der Waals surface area contributed by atoms with E-state index in [-0.39, 0.29) is 15.0 Å². The van der Waals surface area contributed by atoms with Crippen molar-refractivity contribution in [2.75, 3.05) is 5.32 Å². The number of thiophene rings is 1. The van der Waals surface area contributed by atoms with E-state index in [1.54, 1.807) is 11.3 Å². The van der Waals surface area contributed by atoms with E-state index in [1.807, 2.05) is 12.1 Å². The molecule has 86 valence electrons.